The molecule has 0 bridgehead atoms. The molecule has 10 N–H and O–H groups in total. The van der Waals surface area contributed by atoms with Crippen molar-refractivity contribution in [3.05, 3.63) is 11.8 Å². The molecule has 0 spiro atoms. The molecule has 1 aliphatic carbocycles. The van der Waals surface area contributed by atoms with Crippen molar-refractivity contribution in [2.24, 2.45) is 22.2 Å². The van der Waals surface area contributed by atoms with E-state index in [-0.39, 0.29) is 31.4 Å². The highest BCUT2D eigenvalue weighted by Crippen LogP contribution is 2.26. The molecule has 1 saturated carbocycles. The van der Waals surface area contributed by atoms with Gasteiger partial charge in [-0.2, -0.15) is 0 Å². The average molecular weight is 429 g/mol. The molecule has 11 heteroatoms. The second kappa shape index (κ2) is 12.1. The number of nitrogens with one attached hydrogen (secondary N) is 2. The minimum atomic E-state index is -1.24. The van der Waals surface area contributed by atoms with Gasteiger partial charge in [-0.1, -0.05) is 6.92 Å². The highest BCUT2D eigenvalue weighted by molar-refractivity contribution is 5.81. The van der Waals surface area contributed by atoms with Crippen LogP contribution in [0, 0.1) is 0 Å². The van der Waals surface area contributed by atoms with Crippen molar-refractivity contribution >= 4 is 11.9 Å². The van der Waals surface area contributed by atoms with Gasteiger partial charge >= 0.3 is 0 Å². The van der Waals surface area contributed by atoms with E-state index in [0.717, 1.165) is 18.7 Å². The number of hydrogen-bond donors (Lipinski definition) is 7. The van der Waals surface area contributed by atoms with Crippen LogP contribution >= 0.6 is 0 Å². The van der Waals surface area contributed by atoms with Crippen LogP contribution in [0.4, 0.5) is 0 Å². The van der Waals surface area contributed by atoms with Gasteiger partial charge in [0.05, 0.1) is 12.6 Å². The number of aliphatic hydroxyl groups excluding tert-OH is 2. The first-order chi connectivity index (χ1) is 14.3. The number of nitrogens with zero attached hydrogens (tertiary/aromatic N) is 1. The maximum Gasteiger partial charge on any atom is 0.249 e. The van der Waals surface area contributed by atoms with Crippen LogP contribution in [-0.4, -0.2) is 78.4 Å². The van der Waals surface area contributed by atoms with Crippen molar-refractivity contribution in [2.45, 2.75) is 75.7 Å². The Morgan fingerprint density at radius 2 is 2.20 bits per heavy atom. The summed E-state index contributed by atoms with van der Waals surface area (Å²) in [4.78, 5) is 15.9. The van der Waals surface area contributed by atoms with Gasteiger partial charge in [-0.05, 0) is 31.9 Å². The first kappa shape index (κ1) is 24.4. The summed E-state index contributed by atoms with van der Waals surface area (Å²) in [6.45, 7) is 3.64. The molecule has 2 aliphatic rings. The van der Waals surface area contributed by atoms with E-state index in [2.05, 4.69) is 15.6 Å². The smallest absolute Gasteiger partial charge is 0.249 e. The number of amides is 1. The molecule has 4 unspecified atom stereocenters. The zero-order valence-electron chi connectivity index (χ0n) is 17.5. The summed E-state index contributed by atoms with van der Waals surface area (Å²) in [6, 6.07) is -0.846. The van der Waals surface area contributed by atoms with Crippen molar-refractivity contribution in [3.63, 3.8) is 0 Å². The number of ether oxygens (including phenoxy) is 2. The molecule has 30 heavy (non-hydrogen) atoms. The van der Waals surface area contributed by atoms with Gasteiger partial charge in [-0.3, -0.25) is 9.79 Å². The zero-order valence-corrected chi connectivity index (χ0v) is 17.5. The fourth-order valence-corrected chi connectivity index (χ4v) is 3.61. The molecule has 0 aromatic heterocycles. The van der Waals surface area contributed by atoms with Crippen LogP contribution in [0.1, 0.15) is 39.0 Å². The lowest BCUT2D eigenvalue weighted by Gasteiger charge is -2.40. The second-order valence-electron chi connectivity index (χ2n) is 7.70. The van der Waals surface area contributed by atoms with Gasteiger partial charge in [0.1, 0.15) is 18.0 Å². The van der Waals surface area contributed by atoms with E-state index in [1.807, 2.05) is 13.0 Å². The molecular weight excluding hydrogens is 392 g/mol. The lowest BCUT2D eigenvalue weighted by molar-refractivity contribution is -0.195. The molecule has 0 radical (unpaired) electrons. The first-order valence-electron chi connectivity index (χ1n) is 10.5. The number of carbonyl (C=O) groups is 1. The predicted molar refractivity (Wildman–Crippen MR) is 112 cm³/mol. The number of carbonyl (C=O) groups excluding carboxylic acids is 1. The highest BCUT2D eigenvalue weighted by Gasteiger charge is 2.39. The molecule has 1 heterocycles. The molecule has 1 amide bonds. The van der Waals surface area contributed by atoms with Gasteiger partial charge in [0.25, 0.3) is 0 Å². The maximum atomic E-state index is 12.2. The number of hydrogen-bond acceptors (Lipinski definition) is 8. The molecule has 0 aromatic carbocycles. The monoisotopic (exact) mass is 428 g/mol. The number of aliphatic imine (C=N–C) groups is 1. The molecule has 0 saturated heterocycles. The Kier molecular flexibility index (Phi) is 9.79. The third-order valence-electron chi connectivity index (χ3n) is 5.15. The van der Waals surface area contributed by atoms with Crippen molar-refractivity contribution in [1.29, 1.82) is 0 Å². The van der Waals surface area contributed by atoms with E-state index in [9.17, 15) is 15.0 Å². The van der Waals surface area contributed by atoms with Gasteiger partial charge < -0.3 is 47.5 Å². The summed E-state index contributed by atoms with van der Waals surface area (Å²) in [7, 11) is 0. The number of aliphatic hydroxyl groups is 2. The molecule has 2 rings (SSSR count). The summed E-state index contributed by atoms with van der Waals surface area (Å²) < 4.78 is 11.8. The van der Waals surface area contributed by atoms with E-state index in [0.29, 0.717) is 19.4 Å². The molecule has 11 nitrogen and oxygen atoms in total. The Hall–Kier alpha value is -1.92. The van der Waals surface area contributed by atoms with Gasteiger partial charge in [-0.15, -0.1) is 0 Å². The predicted octanol–water partition coefficient (Wildman–Crippen LogP) is -2.01. The fraction of sp³-hybridized carbons (Fsp3) is 0.789. The number of allylic oxidation sites excluding steroid dienone is 1. The highest BCUT2D eigenvalue weighted by atomic mass is 16.7. The molecular formula is C19H36N6O5. The minimum Gasteiger partial charge on any atom is -0.468 e. The van der Waals surface area contributed by atoms with Crippen LogP contribution in [0.5, 0.6) is 0 Å². The maximum absolute atomic E-state index is 12.2. The number of nitrogens with two attached hydrogens (primary N) is 3. The molecule has 1 aliphatic heterocycles. The van der Waals surface area contributed by atoms with Crippen LogP contribution in [0.3, 0.4) is 0 Å². The third-order valence-corrected chi connectivity index (χ3v) is 5.15. The quantitative estimate of drug-likeness (QED) is 0.152. The SMILES string of the molecule is CCNCC1=CCC[C@@H](O[C@@H]2C(N)CC(NC(=O)C(O)CCN=C(N)N)CC2O)O1. The van der Waals surface area contributed by atoms with Crippen molar-refractivity contribution in [1.82, 2.24) is 10.6 Å². The summed E-state index contributed by atoms with van der Waals surface area (Å²) in [5, 5.41) is 26.4. The fourth-order valence-electron chi connectivity index (χ4n) is 3.61. The normalized spacial score (nSPS) is 30.0. The standard InChI is InChI=1S/C19H36N6O5/c1-2-23-10-12-4-3-5-16(29-12)30-17-13(20)8-11(9-15(17)27)25-18(28)14(26)6-7-24-19(21)22/h4,11,13-17,23,26-27H,2-3,5-10,20H2,1H3,(H,25,28)(H4,21,22,24)/t11?,13?,14?,15?,16-,17-/m1/s1. The molecule has 0 aromatic rings. The zero-order chi connectivity index (χ0) is 22.1. The van der Waals surface area contributed by atoms with E-state index in [1.54, 1.807) is 0 Å². The number of rotatable bonds is 10. The average Bonchev–Trinajstić information content (AvgIpc) is 2.69. The summed E-state index contributed by atoms with van der Waals surface area (Å²) in [5.41, 5.74) is 16.7. The summed E-state index contributed by atoms with van der Waals surface area (Å²) >= 11 is 0. The Labute approximate surface area is 177 Å². The Morgan fingerprint density at radius 1 is 1.43 bits per heavy atom. The van der Waals surface area contributed by atoms with Gasteiger partial charge in [0, 0.05) is 31.5 Å². The summed E-state index contributed by atoms with van der Waals surface area (Å²) in [6.07, 6.45) is 1.19. The topological polar surface area (TPSA) is 190 Å². The van der Waals surface area contributed by atoms with Crippen molar-refractivity contribution in [3.8, 4) is 0 Å². The first-order valence-corrected chi connectivity index (χ1v) is 10.5. The lowest BCUT2D eigenvalue weighted by atomic mass is 9.86. The minimum absolute atomic E-state index is 0.0958. The van der Waals surface area contributed by atoms with E-state index in [4.69, 9.17) is 26.7 Å². The van der Waals surface area contributed by atoms with E-state index in [1.165, 1.54) is 0 Å². The molecule has 172 valence electrons. The van der Waals surface area contributed by atoms with Gasteiger partial charge in [-0.25, -0.2) is 0 Å². The Bertz CT molecular complexity index is 600. The Balaban J connectivity index is 1.80. The van der Waals surface area contributed by atoms with E-state index < -0.39 is 36.6 Å². The molecule has 1 fully saturated rings. The van der Waals surface area contributed by atoms with E-state index >= 15 is 0 Å². The van der Waals surface area contributed by atoms with Crippen LogP contribution < -0.4 is 27.8 Å². The van der Waals surface area contributed by atoms with Crippen LogP contribution in [0.15, 0.2) is 16.8 Å². The second-order valence-corrected chi connectivity index (χ2v) is 7.70. The van der Waals surface area contributed by atoms with Crippen molar-refractivity contribution in [2.75, 3.05) is 19.6 Å². The number of likely N-dealkylation sites (N-methyl/N-ethyl adjacent to an activating group) is 1. The van der Waals surface area contributed by atoms with Crippen LogP contribution in [-0.2, 0) is 14.3 Å². The lowest BCUT2D eigenvalue weighted by Crippen LogP contribution is -2.57. The largest absolute Gasteiger partial charge is 0.468 e. The Morgan fingerprint density at radius 3 is 2.87 bits per heavy atom. The third kappa shape index (κ3) is 7.73. The van der Waals surface area contributed by atoms with Crippen LogP contribution in [0.2, 0.25) is 0 Å². The molecule has 6 atom stereocenters. The van der Waals surface area contributed by atoms with Gasteiger partial charge in [0.2, 0.25) is 5.91 Å². The number of guanidine groups is 1. The summed E-state index contributed by atoms with van der Waals surface area (Å²) in [5.74, 6) is 0.186. The van der Waals surface area contributed by atoms with Gasteiger partial charge in [0.15, 0.2) is 12.2 Å². The van der Waals surface area contributed by atoms with Crippen LogP contribution in [0.25, 0.3) is 0 Å². The van der Waals surface area contributed by atoms with Crippen molar-refractivity contribution < 1.29 is 24.5 Å².